The number of rotatable bonds is 6. The Hall–Kier alpha value is -3.40. The summed E-state index contributed by atoms with van der Waals surface area (Å²) >= 11 is 1.25. The first-order chi connectivity index (χ1) is 17.6. The van der Waals surface area contributed by atoms with Crippen molar-refractivity contribution in [3.05, 3.63) is 77.1 Å². The number of alkyl halides is 2. The third kappa shape index (κ3) is 5.49. The predicted molar refractivity (Wildman–Crippen MR) is 141 cm³/mol. The molecule has 1 fully saturated rings. The van der Waals surface area contributed by atoms with Gasteiger partial charge >= 0.3 is 0 Å². The lowest BCUT2D eigenvalue weighted by Gasteiger charge is -2.22. The quantitative estimate of drug-likeness (QED) is 0.332. The third-order valence-electron chi connectivity index (χ3n) is 6.29. The van der Waals surface area contributed by atoms with Crippen molar-refractivity contribution in [3.8, 4) is 0 Å². The van der Waals surface area contributed by atoms with Gasteiger partial charge in [-0.3, -0.25) is 4.79 Å². The van der Waals surface area contributed by atoms with Crippen molar-refractivity contribution < 1.29 is 13.6 Å². The highest BCUT2D eigenvalue weighted by molar-refractivity contribution is 8.13. The fourth-order valence-electron chi connectivity index (χ4n) is 4.24. The molecule has 0 spiro atoms. The Morgan fingerprint density at radius 1 is 1.03 bits per heavy atom. The summed E-state index contributed by atoms with van der Waals surface area (Å²) in [5.41, 5.74) is 3.17. The summed E-state index contributed by atoms with van der Waals surface area (Å²) in [5.74, 6) is -1.31. The maximum Gasteiger partial charge on any atom is 0.266 e. The zero-order valence-electron chi connectivity index (χ0n) is 21.0. The molecule has 7 nitrogen and oxygen atoms in total. The van der Waals surface area contributed by atoms with E-state index in [1.165, 1.54) is 11.8 Å². The maximum atomic E-state index is 14.0. The van der Waals surface area contributed by atoms with Crippen LogP contribution in [-0.4, -0.2) is 49.1 Å². The monoisotopic (exact) mass is 522 g/mol. The third-order valence-corrected chi connectivity index (χ3v) is 7.24. The van der Waals surface area contributed by atoms with E-state index < -0.39 is 17.9 Å². The van der Waals surface area contributed by atoms with Crippen LogP contribution in [0.4, 0.5) is 14.6 Å². The molecule has 0 unspecified atom stereocenters. The normalized spacial score (nSPS) is 15.4. The summed E-state index contributed by atoms with van der Waals surface area (Å²) in [6, 6.07) is 17.1. The number of aromatic nitrogens is 5. The topological polar surface area (TPSA) is 76.8 Å². The number of fused-ring (bicyclic) bond motifs is 1. The number of nitrogens with zero attached hydrogens (tertiary/aromatic N) is 6. The highest BCUT2D eigenvalue weighted by Gasteiger charge is 2.40. The van der Waals surface area contributed by atoms with Gasteiger partial charge in [-0.1, -0.05) is 92.3 Å². The minimum absolute atomic E-state index is 0.0104. The van der Waals surface area contributed by atoms with Gasteiger partial charge in [0.15, 0.2) is 17.0 Å². The molecule has 1 aliphatic heterocycles. The molecule has 0 saturated carbocycles. The van der Waals surface area contributed by atoms with Crippen LogP contribution >= 0.6 is 11.8 Å². The minimum atomic E-state index is -2.76. The molecule has 2 aromatic carbocycles. The summed E-state index contributed by atoms with van der Waals surface area (Å²) in [5, 5.41) is 8.67. The number of carbonyl (C=O) groups excluding carboxylic acids is 1. The van der Waals surface area contributed by atoms with Gasteiger partial charge < -0.3 is 4.90 Å². The lowest BCUT2D eigenvalue weighted by atomic mass is 9.96. The zero-order chi connectivity index (χ0) is 26.2. The van der Waals surface area contributed by atoms with Crippen LogP contribution < -0.4 is 4.90 Å². The highest BCUT2D eigenvalue weighted by Crippen LogP contribution is 2.34. The smallest absolute Gasteiger partial charge is 0.266 e. The van der Waals surface area contributed by atoms with Crippen molar-refractivity contribution in [2.75, 3.05) is 18.0 Å². The SMILES string of the molecule is CC(C)(C)c1nc(N2CCC(F)(F)C2)c2nnn(Cc3ccccc3CSC(=O)c3ccccc3)c2n1. The van der Waals surface area contributed by atoms with E-state index in [1.807, 2.05) is 75.4 Å². The number of halogens is 2. The first-order valence-corrected chi connectivity index (χ1v) is 13.1. The van der Waals surface area contributed by atoms with Gasteiger partial charge in [0.25, 0.3) is 5.92 Å². The molecule has 1 aliphatic rings. The van der Waals surface area contributed by atoms with Crippen LogP contribution in [0.1, 0.15) is 54.5 Å². The Bertz CT molecular complexity index is 1430. The molecule has 0 atom stereocenters. The number of carbonyl (C=O) groups is 1. The zero-order valence-corrected chi connectivity index (χ0v) is 21.8. The largest absolute Gasteiger partial charge is 0.348 e. The van der Waals surface area contributed by atoms with Crippen LogP contribution in [0.5, 0.6) is 0 Å². The molecule has 10 heteroatoms. The second-order valence-electron chi connectivity index (χ2n) is 10.3. The average molecular weight is 523 g/mol. The van der Waals surface area contributed by atoms with Crippen molar-refractivity contribution in [2.45, 2.75) is 50.8 Å². The number of hydrogen-bond donors (Lipinski definition) is 0. The van der Waals surface area contributed by atoms with Gasteiger partial charge in [0.1, 0.15) is 5.82 Å². The Morgan fingerprint density at radius 3 is 2.41 bits per heavy atom. The first kappa shape index (κ1) is 25.3. The van der Waals surface area contributed by atoms with Gasteiger partial charge in [0.05, 0.1) is 13.1 Å². The molecule has 0 bridgehead atoms. The molecule has 192 valence electrons. The van der Waals surface area contributed by atoms with E-state index in [2.05, 4.69) is 15.3 Å². The second-order valence-corrected chi connectivity index (χ2v) is 11.2. The Labute approximate surface area is 218 Å². The molecule has 2 aromatic heterocycles. The van der Waals surface area contributed by atoms with Crippen molar-refractivity contribution >= 4 is 33.9 Å². The van der Waals surface area contributed by atoms with Gasteiger partial charge in [-0.15, -0.1) is 5.10 Å². The fraction of sp³-hybridized carbons (Fsp3) is 0.370. The average Bonchev–Trinajstić information content (AvgIpc) is 3.45. The molecule has 0 amide bonds. The summed E-state index contributed by atoms with van der Waals surface area (Å²) in [6.45, 7) is 6.14. The molecular formula is C27H28F2N6OS. The van der Waals surface area contributed by atoms with Crippen LogP contribution in [0, 0.1) is 0 Å². The molecule has 0 N–H and O–H groups in total. The lowest BCUT2D eigenvalue weighted by molar-refractivity contribution is 0.0257. The van der Waals surface area contributed by atoms with E-state index >= 15 is 0 Å². The Kier molecular flexibility index (Phi) is 6.70. The highest BCUT2D eigenvalue weighted by atomic mass is 32.2. The van der Waals surface area contributed by atoms with E-state index in [-0.39, 0.29) is 18.1 Å². The first-order valence-electron chi connectivity index (χ1n) is 12.1. The molecule has 37 heavy (non-hydrogen) atoms. The molecule has 1 saturated heterocycles. The molecule has 5 rings (SSSR count). The van der Waals surface area contributed by atoms with E-state index in [0.29, 0.717) is 40.7 Å². The predicted octanol–water partition coefficient (Wildman–Crippen LogP) is 5.49. The summed E-state index contributed by atoms with van der Waals surface area (Å²) < 4.78 is 29.8. The second kappa shape index (κ2) is 9.81. The Morgan fingerprint density at radius 2 is 1.73 bits per heavy atom. The standard InChI is InChI=1S/C27H28F2N6OS/c1-26(2,3)25-30-22(34-14-13-27(28,29)17-34)21-23(31-25)35(33-32-21)15-19-11-7-8-12-20(19)16-37-24(36)18-9-5-4-6-10-18/h4-12H,13-17H2,1-3H3. The number of benzene rings is 2. The van der Waals surface area contributed by atoms with Crippen LogP contribution in [0.3, 0.4) is 0 Å². The van der Waals surface area contributed by atoms with Crippen molar-refractivity contribution in [3.63, 3.8) is 0 Å². The van der Waals surface area contributed by atoms with Gasteiger partial charge in [-0.2, -0.15) is 0 Å². The number of hydrogen-bond acceptors (Lipinski definition) is 7. The van der Waals surface area contributed by atoms with E-state index in [0.717, 1.165) is 11.1 Å². The van der Waals surface area contributed by atoms with Crippen LogP contribution in [0.25, 0.3) is 11.2 Å². The summed E-state index contributed by atoms with van der Waals surface area (Å²) in [4.78, 5) is 23.6. The molecule has 3 heterocycles. The van der Waals surface area contributed by atoms with Crippen LogP contribution in [-0.2, 0) is 17.7 Å². The molecule has 0 aliphatic carbocycles. The maximum absolute atomic E-state index is 14.0. The number of thioether (sulfide) groups is 1. The fourth-order valence-corrected chi connectivity index (χ4v) is 5.11. The summed E-state index contributed by atoms with van der Waals surface area (Å²) in [7, 11) is 0. The lowest BCUT2D eigenvalue weighted by Crippen LogP contribution is -2.27. The van der Waals surface area contributed by atoms with Gasteiger partial charge in [0.2, 0.25) is 5.12 Å². The van der Waals surface area contributed by atoms with E-state index in [9.17, 15) is 13.6 Å². The van der Waals surface area contributed by atoms with E-state index in [1.54, 1.807) is 9.58 Å². The van der Waals surface area contributed by atoms with Crippen molar-refractivity contribution in [1.82, 2.24) is 25.0 Å². The van der Waals surface area contributed by atoms with Crippen molar-refractivity contribution in [2.24, 2.45) is 0 Å². The van der Waals surface area contributed by atoms with E-state index in [4.69, 9.17) is 4.98 Å². The molecule has 0 radical (unpaired) electrons. The van der Waals surface area contributed by atoms with Gasteiger partial charge in [-0.05, 0) is 11.1 Å². The van der Waals surface area contributed by atoms with Gasteiger partial charge in [0, 0.05) is 29.7 Å². The minimum Gasteiger partial charge on any atom is -0.348 e. The van der Waals surface area contributed by atoms with Crippen LogP contribution in [0.15, 0.2) is 54.6 Å². The molecule has 4 aromatic rings. The number of anilines is 1. The van der Waals surface area contributed by atoms with Crippen LogP contribution in [0.2, 0.25) is 0 Å². The van der Waals surface area contributed by atoms with Crippen molar-refractivity contribution in [1.29, 1.82) is 0 Å². The molecular weight excluding hydrogens is 494 g/mol. The Balaban J connectivity index is 1.46. The summed E-state index contributed by atoms with van der Waals surface area (Å²) in [6.07, 6.45) is -0.218. The van der Waals surface area contributed by atoms with Gasteiger partial charge in [-0.25, -0.2) is 23.4 Å².